The van der Waals surface area contributed by atoms with Crippen LogP contribution in [0.4, 0.5) is 4.79 Å². The van der Waals surface area contributed by atoms with Crippen LogP contribution >= 0.6 is 0 Å². The normalized spacial score (nSPS) is 10.5. The second kappa shape index (κ2) is 5.77. The molecule has 0 aromatic heterocycles. The van der Waals surface area contributed by atoms with Gasteiger partial charge in [0.05, 0.1) is 12.8 Å². The van der Waals surface area contributed by atoms with Gasteiger partial charge in [0.1, 0.15) is 0 Å². The Kier molecular flexibility index (Phi) is 4.30. The highest BCUT2D eigenvalue weighted by atomic mass is 16.5. The molecular formula is C10H13N3O2. The highest BCUT2D eigenvalue weighted by Crippen LogP contribution is 2.06. The number of methoxy groups -OCH3 is 1. The Morgan fingerprint density at radius 3 is 3.00 bits per heavy atom. The molecule has 5 nitrogen and oxygen atoms in total. The van der Waals surface area contributed by atoms with Crippen molar-refractivity contribution in [1.29, 1.82) is 0 Å². The van der Waals surface area contributed by atoms with Crippen molar-refractivity contribution < 1.29 is 9.53 Å². The zero-order chi connectivity index (χ0) is 11.1. The van der Waals surface area contributed by atoms with Gasteiger partial charge in [0.25, 0.3) is 0 Å². The van der Waals surface area contributed by atoms with Crippen LogP contribution in [0.1, 0.15) is 11.1 Å². The Morgan fingerprint density at radius 1 is 1.60 bits per heavy atom. The van der Waals surface area contributed by atoms with Crippen molar-refractivity contribution in [2.24, 2.45) is 10.8 Å². The minimum Gasteiger partial charge on any atom is -0.380 e. The van der Waals surface area contributed by atoms with E-state index in [9.17, 15) is 4.79 Å². The fraction of sp³-hybridized carbons (Fsp3) is 0.200. The first-order valence-electron chi connectivity index (χ1n) is 4.39. The monoisotopic (exact) mass is 207 g/mol. The summed E-state index contributed by atoms with van der Waals surface area (Å²) in [6.07, 6.45) is 1.53. The van der Waals surface area contributed by atoms with Crippen molar-refractivity contribution in [3.8, 4) is 0 Å². The maximum Gasteiger partial charge on any atom is 0.332 e. The van der Waals surface area contributed by atoms with Crippen LogP contribution in [0.2, 0.25) is 0 Å². The number of nitrogens with one attached hydrogen (secondary N) is 1. The Labute approximate surface area is 87.9 Å². The molecule has 0 atom stereocenters. The van der Waals surface area contributed by atoms with E-state index in [1.807, 2.05) is 24.3 Å². The number of carbonyl (C=O) groups excluding carboxylic acids is 1. The van der Waals surface area contributed by atoms with Gasteiger partial charge in [-0.05, 0) is 5.56 Å². The molecule has 15 heavy (non-hydrogen) atoms. The molecular weight excluding hydrogens is 194 g/mol. The average molecular weight is 207 g/mol. The van der Waals surface area contributed by atoms with E-state index in [1.165, 1.54) is 6.21 Å². The third-order valence-electron chi connectivity index (χ3n) is 1.73. The molecule has 5 heteroatoms. The van der Waals surface area contributed by atoms with Crippen LogP contribution < -0.4 is 11.2 Å². The third kappa shape index (κ3) is 3.78. The fourth-order valence-corrected chi connectivity index (χ4v) is 1.11. The maximum atomic E-state index is 10.4. The van der Waals surface area contributed by atoms with E-state index in [0.29, 0.717) is 6.61 Å². The van der Waals surface area contributed by atoms with Crippen molar-refractivity contribution in [2.75, 3.05) is 7.11 Å². The maximum absolute atomic E-state index is 10.4. The SMILES string of the molecule is COCc1ccccc1C=NNC(N)=O. The number of nitrogens with two attached hydrogens (primary N) is 1. The largest absolute Gasteiger partial charge is 0.380 e. The van der Waals surface area contributed by atoms with Crippen molar-refractivity contribution in [2.45, 2.75) is 6.61 Å². The average Bonchev–Trinajstić information content (AvgIpc) is 2.20. The van der Waals surface area contributed by atoms with Crippen LogP contribution in [-0.4, -0.2) is 19.4 Å². The number of carbonyl (C=O) groups is 1. The number of hydrogen-bond acceptors (Lipinski definition) is 3. The Balaban J connectivity index is 2.74. The summed E-state index contributed by atoms with van der Waals surface area (Å²) < 4.78 is 5.02. The summed E-state index contributed by atoms with van der Waals surface area (Å²) in [5, 5.41) is 3.68. The molecule has 2 amide bonds. The molecule has 1 aromatic carbocycles. The standard InChI is InChI=1S/C10H13N3O2/c1-15-7-9-5-3-2-4-8(9)6-12-13-10(11)14/h2-6H,7H2,1H3,(H3,11,13,14). The summed E-state index contributed by atoms with van der Waals surface area (Å²) in [5.41, 5.74) is 8.87. The van der Waals surface area contributed by atoms with Crippen molar-refractivity contribution in [1.82, 2.24) is 5.43 Å². The molecule has 0 aliphatic heterocycles. The van der Waals surface area contributed by atoms with E-state index in [2.05, 4.69) is 10.5 Å². The number of rotatable bonds is 4. The lowest BCUT2D eigenvalue weighted by molar-refractivity contribution is 0.185. The van der Waals surface area contributed by atoms with Crippen molar-refractivity contribution >= 4 is 12.2 Å². The quantitative estimate of drug-likeness (QED) is 0.566. The van der Waals surface area contributed by atoms with Gasteiger partial charge in [-0.1, -0.05) is 24.3 Å². The first-order chi connectivity index (χ1) is 7.24. The number of amides is 2. The summed E-state index contributed by atoms with van der Waals surface area (Å²) in [5.74, 6) is 0. The van der Waals surface area contributed by atoms with Gasteiger partial charge in [0.15, 0.2) is 0 Å². The van der Waals surface area contributed by atoms with E-state index in [0.717, 1.165) is 11.1 Å². The lowest BCUT2D eigenvalue weighted by Gasteiger charge is -2.03. The zero-order valence-electron chi connectivity index (χ0n) is 8.43. The van der Waals surface area contributed by atoms with Crippen LogP contribution in [-0.2, 0) is 11.3 Å². The number of hydrazone groups is 1. The van der Waals surface area contributed by atoms with Crippen LogP contribution in [0.5, 0.6) is 0 Å². The van der Waals surface area contributed by atoms with Gasteiger partial charge in [-0.15, -0.1) is 0 Å². The van der Waals surface area contributed by atoms with Crippen molar-refractivity contribution in [3.63, 3.8) is 0 Å². The molecule has 0 fully saturated rings. The van der Waals surface area contributed by atoms with Crippen LogP contribution in [0, 0.1) is 0 Å². The van der Waals surface area contributed by atoms with Gasteiger partial charge in [0, 0.05) is 12.7 Å². The summed E-state index contributed by atoms with van der Waals surface area (Å²) in [7, 11) is 1.62. The Morgan fingerprint density at radius 2 is 2.33 bits per heavy atom. The van der Waals surface area contributed by atoms with Gasteiger partial charge in [-0.25, -0.2) is 10.2 Å². The Hall–Kier alpha value is -1.88. The first kappa shape index (κ1) is 11.2. The summed E-state index contributed by atoms with van der Waals surface area (Å²) in [6, 6.07) is 6.91. The topological polar surface area (TPSA) is 76.7 Å². The van der Waals surface area contributed by atoms with E-state index in [1.54, 1.807) is 7.11 Å². The van der Waals surface area contributed by atoms with Gasteiger partial charge in [-0.3, -0.25) is 0 Å². The predicted molar refractivity (Wildman–Crippen MR) is 57.5 cm³/mol. The molecule has 1 rings (SSSR count). The minimum absolute atomic E-state index is 0.499. The molecule has 0 radical (unpaired) electrons. The second-order valence-corrected chi connectivity index (χ2v) is 2.87. The van der Waals surface area contributed by atoms with Crippen LogP contribution in [0.25, 0.3) is 0 Å². The van der Waals surface area contributed by atoms with E-state index in [4.69, 9.17) is 10.5 Å². The highest BCUT2D eigenvalue weighted by molar-refractivity contribution is 5.83. The molecule has 3 N–H and O–H groups in total. The third-order valence-corrected chi connectivity index (χ3v) is 1.73. The summed E-state index contributed by atoms with van der Waals surface area (Å²) >= 11 is 0. The number of ether oxygens (including phenoxy) is 1. The van der Waals surface area contributed by atoms with Gasteiger partial charge in [-0.2, -0.15) is 5.10 Å². The number of benzene rings is 1. The summed E-state index contributed by atoms with van der Waals surface area (Å²) in [6.45, 7) is 0.499. The molecule has 0 unspecified atom stereocenters. The molecule has 0 aliphatic carbocycles. The van der Waals surface area contributed by atoms with E-state index in [-0.39, 0.29) is 0 Å². The molecule has 0 saturated carbocycles. The van der Waals surface area contributed by atoms with Crippen LogP contribution in [0.15, 0.2) is 29.4 Å². The van der Waals surface area contributed by atoms with E-state index < -0.39 is 6.03 Å². The Bertz CT molecular complexity index is 363. The highest BCUT2D eigenvalue weighted by Gasteiger charge is 1.97. The number of urea groups is 1. The fourth-order valence-electron chi connectivity index (χ4n) is 1.11. The molecule has 0 spiro atoms. The molecule has 0 bridgehead atoms. The molecule has 1 aromatic rings. The van der Waals surface area contributed by atoms with E-state index >= 15 is 0 Å². The number of hydrogen-bond donors (Lipinski definition) is 2. The smallest absolute Gasteiger partial charge is 0.332 e. The molecule has 80 valence electrons. The summed E-state index contributed by atoms with van der Waals surface area (Å²) in [4.78, 5) is 10.4. The van der Waals surface area contributed by atoms with Gasteiger partial charge >= 0.3 is 6.03 Å². The molecule has 0 saturated heterocycles. The minimum atomic E-state index is -0.685. The lowest BCUT2D eigenvalue weighted by atomic mass is 10.1. The zero-order valence-corrected chi connectivity index (χ0v) is 8.43. The second-order valence-electron chi connectivity index (χ2n) is 2.87. The van der Waals surface area contributed by atoms with Gasteiger partial charge < -0.3 is 10.5 Å². The number of primary amides is 1. The van der Waals surface area contributed by atoms with Gasteiger partial charge in [0.2, 0.25) is 0 Å². The molecule has 0 aliphatic rings. The predicted octanol–water partition coefficient (Wildman–Crippen LogP) is 0.835. The lowest BCUT2D eigenvalue weighted by Crippen LogP contribution is -2.24. The number of nitrogens with zero attached hydrogens (tertiary/aromatic N) is 1. The molecule has 0 heterocycles. The van der Waals surface area contributed by atoms with Crippen LogP contribution in [0.3, 0.4) is 0 Å². The first-order valence-corrected chi connectivity index (χ1v) is 4.39. The van der Waals surface area contributed by atoms with Crippen molar-refractivity contribution in [3.05, 3.63) is 35.4 Å².